The highest BCUT2D eigenvalue weighted by Crippen LogP contribution is 2.21. The zero-order valence-corrected chi connectivity index (χ0v) is 15.4. The van der Waals surface area contributed by atoms with E-state index in [0.29, 0.717) is 25.1 Å². The van der Waals surface area contributed by atoms with Crippen molar-refractivity contribution in [1.29, 1.82) is 0 Å². The molecule has 1 aromatic rings. The van der Waals surface area contributed by atoms with Crippen molar-refractivity contribution in [3.05, 3.63) is 29.8 Å². The normalized spacial score (nSPS) is 17.8. The van der Waals surface area contributed by atoms with Gasteiger partial charge in [0.05, 0.1) is 17.5 Å². The number of carbonyl (C=O) groups is 2. The molecule has 0 radical (unpaired) electrons. The van der Waals surface area contributed by atoms with Gasteiger partial charge in [-0.25, -0.2) is 8.42 Å². The number of para-hydroxylation sites is 1. The lowest BCUT2D eigenvalue weighted by Crippen LogP contribution is -2.49. The summed E-state index contributed by atoms with van der Waals surface area (Å²) in [5.74, 6) is -0.234. The fourth-order valence-electron chi connectivity index (χ4n) is 2.94. The van der Waals surface area contributed by atoms with Gasteiger partial charge in [-0.15, -0.1) is 0 Å². The number of likely N-dealkylation sites (tertiary alicyclic amines) is 1. The summed E-state index contributed by atoms with van der Waals surface area (Å²) in [6.45, 7) is 2.97. The molecule has 1 saturated heterocycles. The van der Waals surface area contributed by atoms with Crippen LogP contribution in [-0.2, 0) is 14.8 Å². The van der Waals surface area contributed by atoms with Crippen LogP contribution >= 0.6 is 0 Å². The Bertz CT molecular complexity index is 733. The van der Waals surface area contributed by atoms with Crippen LogP contribution in [-0.4, -0.2) is 50.5 Å². The molecule has 0 aromatic heterocycles. The predicted octanol–water partition coefficient (Wildman–Crippen LogP) is 1.58. The largest absolute Gasteiger partial charge is 0.352 e. The van der Waals surface area contributed by atoms with Gasteiger partial charge in [0.15, 0.2) is 0 Å². The molecule has 25 heavy (non-hydrogen) atoms. The van der Waals surface area contributed by atoms with Gasteiger partial charge >= 0.3 is 0 Å². The van der Waals surface area contributed by atoms with Crippen LogP contribution in [0.15, 0.2) is 24.3 Å². The average Bonchev–Trinajstić information content (AvgIpc) is 2.53. The molecule has 1 fully saturated rings. The first-order chi connectivity index (χ1) is 11.8. The molecule has 1 aromatic carbocycles. The zero-order chi connectivity index (χ0) is 18.4. The van der Waals surface area contributed by atoms with Crippen LogP contribution in [0.2, 0.25) is 0 Å². The summed E-state index contributed by atoms with van der Waals surface area (Å²) in [5.41, 5.74) is 0.584. The van der Waals surface area contributed by atoms with Crippen LogP contribution in [0, 0.1) is 0 Å². The van der Waals surface area contributed by atoms with Crippen LogP contribution in [0.25, 0.3) is 0 Å². The van der Waals surface area contributed by atoms with Crippen LogP contribution < -0.4 is 10.0 Å². The first-order valence-corrected chi connectivity index (χ1v) is 10.3. The number of amides is 2. The Morgan fingerprint density at radius 1 is 1.28 bits per heavy atom. The predicted molar refractivity (Wildman–Crippen MR) is 96.9 cm³/mol. The van der Waals surface area contributed by atoms with E-state index in [2.05, 4.69) is 10.0 Å². The second-order valence-corrected chi connectivity index (χ2v) is 8.08. The number of nitrogens with one attached hydrogen (secondary N) is 2. The van der Waals surface area contributed by atoms with E-state index in [0.717, 1.165) is 25.5 Å². The smallest absolute Gasteiger partial charge is 0.256 e. The first kappa shape index (κ1) is 19.2. The van der Waals surface area contributed by atoms with E-state index in [4.69, 9.17) is 0 Å². The number of carbonyl (C=O) groups excluding carboxylic acids is 2. The molecule has 1 heterocycles. The van der Waals surface area contributed by atoms with Gasteiger partial charge < -0.3 is 10.2 Å². The molecule has 1 aliphatic heterocycles. The zero-order valence-electron chi connectivity index (χ0n) is 14.6. The van der Waals surface area contributed by atoms with Crippen molar-refractivity contribution in [1.82, 2.24) is 10.2 Å². The Morgan fingerprint density at radius 2 is 2.00 bits per heavy atom. The molecule has 8 heteroatoms. The lowest BCUT2D eigenvalue weighted by molar-refractivity contribution is -0.122. The molecular formula is C17H25N3O4S. The summed E-state index contributed by atoms with van der Waals surface area (Å²) < 4.78 is 25.4. The molecule has 2 N–H and O–H groups in total. The molecule has 2 amide bonds. The minimum absolute atomic E-state index is 0.000872. The van der Waals surface area contributed by atoms with Crippen molar-refractivity contribution < 1.29 is 18.0 Å². The molecule has 0 spiro atoms. The van der Waals surface area contributed by atoms with E-state index >= 15 is 0 Å². The minimum Gasteiger partial charge on any atom is -0.352 e. The van der Waals surface area contributed by atoms with Gasteiger partial charge in [-0.05, 0) is 31.4 Å². The van der Waals surface area contributed by atoms with E-state index < -0.39 is 10.0 Å². The van der Waals surface area contributed by atoms with Gasteiger partial charge in [0.2, 0.25) is 15.9 Å². The maximum Gasteiger partial charge on any atom is 0.256 e. The van der Waals surface area contributed by atoms with Crippen LogP contribution in [0.5, 0.6) is 0 Å². The highest BCUT2D eigenvalue weighted by atomic mass is 32.2. The first-order valence-electron chi connectivity index (χ1n) is 8.45. The van der Waals surface area contributed by atoms with Gasteiger partial charge in [-0.3, -0.25) is 14.3 Å². The lowest BCUT2D eigenvalue weighted by Gasteiger charge is -2.33. The van der Waals surface area contributed by atoms with Crippen LogP contribution in [0.1, 0.15) is 43.0 Å². The van der Waals surface area contributed by atoms with Gasteiger partial charge in [0.25, 0.3) is 5.91 Å². The van der Waals surface area contributed by atoms with Gasteiger partial charge in [-0.2, -0.15) is 0 Å². The van der Waals surface area contributed by atoms with Crippen molar-refractivity contribution in [2.45, 2.75) is 38.6 Å². The summed E-state index contributed by atoms with van der Waals surface area (Å²) in [7, 11) is -3.47. The molecule has 2 rings (SSSR count). The van der Waals surface area contributed by atoms with Crippen LogP contribution in [0.3, 0.4) is 0 Å². The monoisotopic (exact) mass is 367 g/mol. The Kier molecular flexibility index (Phi) is 6.41. The van der Waals surface area contributed by atoms with E-state index in [1.165, 1.54) is 0 Å². The summed E-state index contributed by atoms with van der Waals surface area (Å²) in [6, 6.07) is 6.49. The highest BCUT2D eigenvalue weighted by molar-refractivity contribution is 7.92. The number of hydrogen-bond donors (Lipinski definition) is 2. The number of rotatable bonds is 6. The molecule has 138 valence electrons. The number of piperidine rings is 1. The summed E-state index contributed by atoms with van der Waals surface area (Å²) in [4.78, 5) is 26.3. The van der Waals surface area contributed by atoms with Crippen LogP contribution in [0.4, 0.5) is 5.69 Å². The average molecular weight is 367 g/mol. The fourth-order valence-corrected chi connectivity index (χ4v) is 3.51. The summed E-state index contributed by atoms with van der Waals surface area (Å²) >= 11 is 0. The second kappa shape index (κ2) is 8.33. The quantitative estimate of drug-likeness (QED) is 0.798. The third kappa shape index (κ3) is 5.74. The molecule has 1 aliphatic rings. The Balaban J connectivity index is 2.11. The van der Waals surface area contributed by atoms with Gasteiger partial charge in [-0.1, -0.05) is 19.1 Å². The lowest BCUT2D eigenvalue weighted by atomic mass is 10.0. The van der Waals surface area contributed by atoms with E-state index in [1.54, 1.807) is 29.2 Å². The standard InChI is InChI=1S/C17H25N3O4S/c1-3-7-16(21)18-13-8-6-11-20(12-13)17(22)14-9-4-5-10-15(14)19-25(2,23)24/h4-5,9-10,13,19H,3,6-8,11-12H2,1-2H3,(H,18,21). The maximum absolute atomic E-state index is 12.8. The Hall–Kier alpha value is -2.09. The van der Waals surface area contributed by atoms with Crippen molar-refractivity contribution in [3.8, 4) is 0 Å². The number of sulfonamides is 1. The second-order valence-electron chi connectivity index (χ2n) is 6.33. The number of nitrogens with zero attached hydrogens (tertiary/aromatic N) is 1. The Labute approximate surface area is 148 Å². The number of anilines is 1. The summed E-state index contributed by atoms with van der Waals surface area (Å²) in [5, 5.41) is 2.96. The van der Waals surface area contributed by atoms with Gasteiger partial charge in [0.1, 0.15) is 0 Å². The third-order valence-corrected chi connectivity index (χ3v) is 4.59. The van der Waals surface area contributed by atoms with E-state index in [9.17, 15) is 18.0 Å². The van der Waals surface area contributed by atoms with Crippen molar-refractivity contribution in [2.24, 2.45) is 0 Å². The third-order valence-electron chi connectivity index (χ3n) is 4.00. The highest BCUT2D eigenvalue weighted by Gasteiger charge is 2.27. The topological polar surface area (TPSA) is 95.6 Å². The number of hydrogen-bond acceptors (Lipinski definition) is 4. The molecule has 0 saturated carbocycles. The molecule has 1 atom stereocenters. The molecule has 1 unspecified atom stereocenters. The molecular weight excluding hydrogens is 342 g/mol. The molecule has 0 bridgehead atoms. The maximum atomic E-state index is 12.8. The Morgan fingerprint density at radius 3 is 2.68 bits per heavy atom. The minimum atomic E-state index is -3.47. The van der Waals surface area contributed by atoms with Crippen molar-refractivity contribution in [3.63, 3.8) is 0 Å². The van der Waals surface area contributed by atoms with Gasteiger partial charge in [0, 0.05) is 25.6 Å². The van der Waals surface area contributed by atoms with E-state index in [1.807, 2.05) is 6.92 Å². The SMILES string of the molecule is CCCC(=O)NC1CCCN(C(=O)c2ccccc2NS(C)(=O)=O)C1. The summed E-state index contributed by atoms with van der Waals surface area (Å²) in [6.07, 6.45) is 3.94. The van der Waals surface area contributed by atoms with Crippen molar-refractivity contribution >= 4 is 27.5 Å². The molecule has 7 nitrogen and oxygen atoms in total. The van der Waals surface area contributed by atoms with Crippen molar-refractivity contribution in [2.75, 3.05) is 24.1 Å². The van der Waals surface area contributed by atoms with E-state index in [-0.39, 0.29) is 23.5 Å². The fraction of sp³-hybridized carbons (Fsp3) is 0.529. The number of benzene rings is 1. The molecule has 0 aliphatic carbocycles.